The van der Waals surface area contributed by atoms with E-state index in [2.05, 4.69) is 20.3 Å². The number of amides is 1. The van der Waals surface area contributed by atoms with Gasteiger partial charge in [-0.15, -0.1) is 0 Å². The third-order valence-corrected chi connectivity index (χ3v) is 3.76. The van der Waals surface area contributed by atoms with Crippen molar-refractivity contribution in [1.82, 2.24) is 19.5 Å². The summed E-state index contributed by atoms with van der Waals surface area (Å²) in [6.07, 6.45) is 2.30. The molecule has 3 rings (SSSR count). The number of rotatable bonds is 4. The molecule has 0 radical (unpaired) electrons. The summed E-state index contributed by atoms with van der Waals surface area (Å²) in [6, 6.07) is 2.82. The number of anilines is 1. The van der Waals surface area contributed by atoms with E-state index in [0.717, 1.165) is 6.20 Å². The summed E-state index contributed by atoms with van der Waals surface area (Å²) >= 11 is 0. The summed E-state index contributed by atoms with van der Waals surface area (Å²) in [5.74, 6) is -4.23. The van der Waals surface area contributed by atoms with Crippen LogP contribution in [0, 0.1) is 6.92 Å². The van der Waals surface area contributed by atoms with E-state index in [1.54, 1.807) is 0 Å². The zero-order valence-electron chi connectivity index (χ0n) is 14.6. The van der Waals surface area contributed by atoms with Gasteiger partial charge >= 0.3 is 12.5 Å². The Morgan fingerprint density at radius 3 is 2.56 bits per heavy atom. The minimum Gasteiger partial charge on any atom is -0.311 e. The third kappa shape index (κ3) is 3.74. The lowest BCUT2D eigenvalue weighted by molar-refractivity contribution is -0.114. The molecule has 0 aliphatic carbocycles. The molecular formula is C17H15F4N5O. The molecule has 0 aliphatic rings. The van der Waals surface area contributed by atoms with Crippen LogP contribution in [0.3, 0.4) is 0 Å². The van der Waals surface area contributed by atoms with E-state index in [9.17, 15) is 22.4 Å². The molecule has 27 heavy (non-hydrogen) atoms. The second kappa shape index (κ2) is 6.60. The Hall–Kier alpha value is -3.04. The maximum Gasteiger partial charge on any atom is 0.319 e. The number of carbonyl (C=O) groups is 1. The first-order valence-corrected chi connectivity index (χ1v) is 7.87. The predicted octanol–water partition coefficient (Wildman–Crippen LogP) is 4.27. The molecule has 3 heterocycles. The summed E-state index contributed by atoms with van der Waals surface area (Å²) in [6.45, 7) is 0.578. The number of hydrogen-bond acceptors (Lipinski definition) is 4. The molecule has 3 aromatic heterocycles. The molecule has 1 N–H and O–H groups in total. The summed E-state index contributed by atoms with van der Waals surface area (Å²) in [7, 11) is 0. The zero-order valence-corrected chi connectivity index (χ0v) is 14.6. The molecule has 3 aromatic rings. The van der Waals surface area contributed by atoms with Crippen molar-refractivity contribution in [2.45, 2.75) is 33.2 Å². The molecule has 6 nitrogen and oxygen atoms in total. The largest absolute Gasteiger partial charge is 0.319 e. The van der Waals surface area contributed by atoms with Gasteiger partial charge in [0.1, 0.15) is 5.82 Å². The molecule has 0 unspecified atom stereocenters. The van der Waals surface area contributed by atoms with Crippen LogP contribution in [0.2, 0.25) is 0 Å². The van der Waals surface area contributed by atoms with E-state index >= 15 is 0 Å². The fourth-order valence-corrected chi connectivity index (χ4v) is 2.66. The molecule has 1 amide bonds. The average molecular weight is 381 g/mol. The number of aryl methyl sites for hydroxylation is 1. The molecule has 142 valence electrons. The number of nitrogens with zero attached hydrogens (tertiary/aromatic N) is 4. The first-order chi connectivity index (χ1) is 12.6. The molecule has 10 heteroatoms. The topological polar surface area (TPSA) is 72.7 Å². The lowest BCUT2D eigenvalue weighted by atomic mass is 10.1. The smallest absolute Gasteiger partial charge is 0.311 e. The minimum atomic E-state index is -3.29. The summed E-state index contributed by atoms with van der Waals surface area (Å²) in [4.78, 5) is 22.8. The van der Waals surface area contributed by atoms with Gasteiger partial charge in [0.15, 0.2) is 5.82 Å². The van der Waals surface area contributed by atoms with Gasteiger partial charge in [-0.1, -0.05) is 0 Å². The van der Waals surface area contributed by atoms with Crippen molar-refractivity contribution < 1.29 is 22.4 Å². The Morgan fingerprint density at radius 2 is 1.96 bits per heavy atom. The Kier molecular flexibility index (Phi) is 4.58. The van der Waals surface area contributed by atoms with Crippen LogP contribution >= 0.6 is 0 Å². The standard InChI is InChI=1S/C17H15F4N5O/c1-8-4-12(25-15(23-8)17(3,20)21)11-7-26(16(18)19)13-6-22-14(5-10(11)13)24-9(2)27/h4-7,16H,1-3H3,(H,22,24,27). The lowest BCUT2D eigenvalue weighted by Gasteiger charge is -2.11. The highest BCUT2D eigenvalue weighted by atomic mass is 19.3. The van der Waals surface area contributed by atoms with E-state index in [4.69, 9.17) is 0 Å². The van der Waals surface area contributed by atoms with Crippen LogP contribution in [0.1, 0.15) is 31.9 Å². The van der Waals surface area contributed by atoms with E-state index in [0.29, 0.717) is 11.5 Å². The van der Waals surface area contributed by atoms with Crippen molar-refractivity contribution in [3.8, 4) is 11.3 Å². The number of hydrogen-bond donors (Lipinski definition) is 1. The molecule has 0 saturated carbocycles. The van der Waals surface area contributed by atoms with Crippen molar-refractivity contribution in [3.63, 3.8) is 0 Å². The van der Waals surface area contributed by atoms with E-state index < -0.39 is 18.3 Å². The molecular weight excluding hydrogens is 366 g/mol. The second-order valence-corrected chi connectivity index (χ2v) is 6.10. The number of aromatic nitrogens is 4. The van der Waals surface area contributed by atoms with Gasteiger partial charge < -0.3 is 5.32 Å². The van der Waals surface area contributed by atoms with Crippen LogP contribution in [0.5, 0.6) is 0 Å². The van der Waals surface area contributed by atoms with Crippen molar-refractivity contribution in [2.75, 3.05) is 5.32 Å². The zero-order chi connectivity index (χ0) is 19.9. The van der Waals surface area contributed by atoms with Crippen LogP contribution in [0.4, 0.5) is 23.4 Å². The Bertz CT molecular complexity index is 1030. The quantitative estimate of drug-likeness (QED) is 0.685. The van der Waals surface area contributed by atoms with Gasteiger partial charge in [-0.3, -0.25) is 9.36 Å². The molecule has 0 atom stereocenters. The van der Waals surface area contributed by atoms with Crippen molar-refractivity contribution in [3.05, 3.63) is 36.0 Å². The van der Waals surface area contributed by atoms with Crippen molar-refractivity contribution in [1.29, 1.82) is 0 Å². The minimum absolute atomic E-state index is 0.0726. The van der Waals surface area contributed by atoms with Gasteiger partial charge in [-0.2, -0.15) is 17.6 Å². The van der Waals surface area contributed by atoms with Crippen LogP contribution in [0.25, 0.3) is 22.2 Å². The molecule has 0 saturated heterocycles. The van der Waals surface area contributed by atoms with Crippen LogP contribution in [-0.4, -0.2) is 25.4 Å². The molecule has 0 aliphatic heterocycles. The fourth-order valence-electron chi connectivity index (χ4n) is 2.66. The number of halogens is 4. The number of alkyl halides is 4. The number of nitrogens with one attached hydrogen (secondary N) is 1. The average Bonchev–Trinajstić information content (AvgIpc) is 2.92. The first-order valence-electron chi connectivity index (χ1n) is 7.87. The highest BCUT2D eigenvalue weighted by Crippen LogP contribution is 2.35. The predicted molar refractivity (Wildman–Crippen MR) is 90.6 cm³/mol. The van der Waals surface area contributed by atoms with Crippen LogP contribution < -0.4 is 5.32 Å². The molecule has 0 fully saturated rings. The molecule has 0 bridgehead atoms. The number of carbonyl (C=O) groups excluding carboxylic acids is 1. The van der Waals surface area contributed by atoms with Gasteiger partial charge in [-0.05, 0) is 19.1 Å². The van der Waals surface area contributed by atoms with E-state index in [1.165, 1.54) is 32.2 Å². The van der Waals surface area contributed by atoms with Gasteiger partial charge in [0.25, 0.3) is 0 Å². The summed E-state index contributed by atoms with van der Waals surface area (Å²) < 4.78 is 54.8. The second-order valence-electron chi connectivity index (χ2n) is 6.10. The van der Waals surface area contributed by atoms with Gasteiger partial charge in [-0.25, -0.2) is 15.0 Å². The Balaban J connectivity index is 2.27. The molecule has 0 aromatic carbocycles. The van der Waals surface area contributed by atoms with E-state index in [1.807, 2.05) is 0 Å². The maximum atomic E-state index is 13.7. The SMILES string of the molecule is CC(=O)Nc1cc2c(-c3cc(C)nc(C(C)(F)F)n3)cn(C(F)F)c2cn1. The van der Waals surface area contributed by atoms with Crippen molar-refractivity contribution in [2.24, 2.45) is 0 Å². The highest BCUT2D eigenvalue weighted by Gasteiger charge is 2.29. The number of pyridine rings is 1. The van der Waals surface area contributed by atoms with Gasteiger partial charge in [0, 0.05) is 36.7 Å². The Labute approximate surface area is 151 Å². The normalized spacial score (nSPS) is 12.0. The van der Waals surface area contributed by atoms with Crippen LogP contribution in [-0.2, 0) is 10.7 Å². The molecule has 0 spiro atoms. The highest BCUT2D eigenvalue weighted by molar-refractivity contribution is 5.98. The summed E-state index contributed by atoms with van der Waals surface area (Å²) in [5.41, 5.74) is 0.625. The van der Waals surface area contributed by atoms with Crippen molar-refractivity contribution >= 4 is 22.6 Å². The third-order valence-electron chi connectivity index (χ3n) is 3.76. The summed E-state index contributed by atoms with van der Waals surface area (Å²) in [5, 5.41) is 2.75. The monoisotopic (exact) mass is 381 g/mol. The van der Waals surface area contributed by atoms with Gasteiger partial charge in [0.05, 0.1) is 17.4 Å². The van der Waals surface area contributed by atoms with Gasteiger partial charge in [0.2, 0.25) is 5.91 Å². The maximum absolute atomic E-state index is 13.7. The number of fused-ring (bicyclic) bond motifs is 1. The van der Waals surface area contributed by atoms with Crippen LogP contribution in [0.15, 0.2) is 24.5 Å². The fraction of sp³-hybridized carbons (Fsp3) is 0.294. The van der Waals surface area contributed by atoms with E-state index in [-0.39, 0.29) is 39.6 Å². The Morgan fingerprint density at radius 1 is 1.26 bits per heavy atom. The lowest BCUT2D eigenvalue weighted by Crippen LogP contribution is -2.13. The first kappa shape index (κ1) is 18.7.